The van der Waals surface area contributed by atoms with Gasteiger partial charge in [0.1, 0.15) is 0 Å². The Morgan fingerprint density at radius 2 is 0.909 bits per heavy atom. The molecule has 10 aromatic rings. The molecule has 1 heterocycles. The van der Waals surface area contributed by atoms with Crippen LogP contribution in [0.1, 0.15) is 25.0 Å². The van der Waals surface area contributed by atoms with Crippen molar-refractivity contribution in [3.05, 3.63) is 199 Å². The highest BCUT2D eigenvalue weighted by molar-refractivity contribution is 6.22. The van der Waals surface area contributed by atoms with E-state index in [1.165, 1.54) is 98.9 Å². The third kappa shape index (κ3) is 4.76. The lowest BCUT2D eigenvalue weighted by Gasteiger charge is -2.25. The second kappa shape index (κ2) is 12.1. The molecule has 0 saturated carbocycles. The largest absolute Gasteiger partial charge is 0.247 e. The highest BCUT2D eigenvalue weighted by Gasteiger charge is 2.39. The molecule has 0 unspecified atom stereocenters. The fraction of sp³-hybridized carbons (Fsp3) is 0.0556. The molecule has 0 saturated heterocycles. The fourth-order valence-electron chi connectivity index (χ4n) is 9.52. The van der Waals surface area contributed by atoms with Gasteiger partial charge in [-0.3, -0.25) is 0 Å². The minimum Gasteiger partial charge on any atom is -0.247 e. The second-order valence-corrected chi connectivity index (χ2v) is 15.4. The van der Waals surface area contributed by atoms with Gasteiger partial charge in [0.25, 0.3) is 0 Å². The lowest BCUT2D eigenvalue weighted by molar-refractivity contribution is 0.662. The summed E-state index contributed by atoms with van der Waals surface area (Å²) in [5, 5.41) is 8.75. The van der Waals surface area contributed by atoms with Gasteiger partial charge in [-0.25, -0.2) is 4.98 Å². The average Bonchev–Trinajstić information content (AvgIpc) is 3.47. The Bertz CT molecular complexity index is 3140. The van der Waals surface area contributed by atoms with E-state index in [2.05, 4.69) is 202 Å². The molecule has 9 aromatic carbocycles. The summed E-state index contributed by atoms with van der Waals surface area (Å²) < 4.78 is 0. The lowest BCUT2D eigenvalue weighted by Crippen LogP contribution is -2.16. The van der Waals surface area contributed by atoms with E-state index in [1.807, 2.05) is 0 Å². The average molecular weight is 700 g/mol. The Morgan fingerprint density at radius 1 is 0.382 bits per heavy atom. The van der Waals surface area contributed by atoms with E-state index in [-0.39, 0.29) is 5.41 Å². The maximum absolute atomic E-state index is 5.41. The molecule has 1 aliphatic rings. The van der Waals surface area contributed by atoms with Crippen LogP contribution in [0.5, 0.6) is 0 Å². The number of nitrogens with zero attached hydrogens (tertiary/aromatic N) is 1. The predicted molar refractivity (Wildman–Crippen MR) is 234 cm³/mol. The molecule has 55 heavy (non-hydrogen) atoms. The van der Waals surface area contributed by atoms with Crippen molar-refractivity contribution in [2.75, 3.05) is 0 Å². The van der Waals surface area contributed by atoms with Crippen molar-refractivity contribution in [3.8, 4) is 55.8 Å². The van der Waals surface area contributed by atoms with Crippen molar-refractivity contribution >= 4 is 43.2 Å². The number of hydrogen-bond donors (Lipinski definition) is 0. The summed E-state index contributed by atoms with van der Waals surface area (Å²) >= 11 is 0. The molecule has 0 amide bonds. The zero-order chi connectivity index (χ0) is 36.7. The molecule has 1 heteroatoms. The van der Waals surface area contributed by atoms with Crippen LogP contribution in [0.3, 0.4) is 0 Å². The third-order valence-electron chi connectivity index (χ3n) is 12.0. The fourth-order valence-corrected chi connectivity index (χ4v) is 9.52. The van der Waals surface area contributed by atoms with Crippen LogP contribution in [0, 0.1) is 0 Å². The quantitative estimate of drug-likeness (QED) is 0.132. The molecule has 0 spiro atoms. The van der Waals surface area contributed by atoms with Gasteiger partial charge < -0.3 is 0 Å². The lowest BCUT2D eigenvalue weighted by atomic mass is 9.78. The molecule has 1 nitrogen and oxygen atoms in total. The van der Waals surface area contributed by atoms with Gasteiger partial charge in [-0.05, 0) is 100 Å². The van der Waals surface area contributed by atoms with Gasteiger partial charge in [0, 0.05) is 16.4 Å². The van der Waals surface area contributed by atoms with E-state index in [1.54, 1.807) is 0 Å². The van der Waals surface area contributed by atoms with Crippen molar-refractivity contribution in [2.45, 2.75) is 19.3 Å². The van der Waals surface area contributed by atoms with E-state index in [0.29, 0.717) is 0 Å². The first-order chi connectivity index (χ1) is 27.1. The first-order valence-corrected chi connectivity index (χ1v) is 19.2. The van der Waals surface area contributed by atoms with Crippen LogP contribution in [-0.2, 0) is 5.41 Å². The standard InChI is InChI=1S/C54H37N/c1-54(2)46-24-14-13-23-44(46)53-52(54)50(51-40-20-10-9-15-35(40)30-32-47(51)55-53)38-27-25-34(26-28-38)39-29-31-43-45(33-39)49(37-18-7-4-8-19-37)42-22-12-11-21-41(42)48(43)36-16-5-3-6-17-36/h3-33H,1-2H3. The molecule has 11 rings (SSSR count). The summed E-state index contributed by atoms with van der Waals surface area (Å²) in [4.78, 5) is 5.41. The Morgan fingerprint density at radius 3 is 1.62 bits per heavy atom. The predicted octanol–water partition coefficient (Wildman–Crippen LogP) is 14.7. The third-order valence-corrected chi connectivity index (χ3v) is 12.0. The summed E-state index contributed by atoms with van der Waals surface area (Å²) in [6, 6.07) is 69.0. The molecular weight excluding hydrogens is 663 g/mol. The maximum atomic E-state index is 5.41. The summed E-state index contributed by atoms with van der Waals surface area (Å²) in [6.45, 7) is 4.72. The molecule has 0 fully saturated rings. The van der Waals surface area contributed by atoms with E-state index in [9.17, 15) is 0 Å². The van der Waals surface area contributed by atoms with Crippen molar-refractivity contribution in [1.29, 1.82) is 0 Å². The molecule has 0 bridgehead atoms. The van der Waals surface area contributed by atoms with Crippen LogP contribution in [-0.4, -0.2) is 4.98 Å². The first-order valence-electron chi connectivity index (χ1n) is 19.2. The van der Waals surface area contributed by atoms with Gasteiger partial charge in [0.05, 0.1) is 11.2 Å². The van der Waals surface area contributed by atoms with Crippen LogP contribution >= 0.6 is 0 Å². The minimum absolute atomic E-state index is 0.205. The Hall–Kier alpha value is -6.83. The summed E-state index contributed by atoms with van der Waals surface area (Å²) in [5.41, 5.74) is 15.7. The summed E-state index contributed by atoms with van der Waals surface area (Å²) in [6.07, 6.45) is 0. The maximum Gasteiger partial charge on any atom is 0.0759 e. The SMILES string of the molecule is CC1(C)c2ccccc2-c2nc3ccc4ccccc4c3c(-c3ccc(-c4ccc5c(-c6ccccc6)c6ccccc6c(-c6ccccc6)c5c4)cc3)c21. The zero-order valence-corrected chi connectivity index (χ0v) is 30.8. The molecule has 1 aliphatic carbocycles. The van der Waals surface area contributed by atoms with Gasteiger partial charge in [-0.1, -0.05) is 190 Å². The molecule has 0 atom stereocenters. The summed E-state index contributed by atoms with van der Waals surface area (Å²) in [7, 11) is 0. The van der Waals surface area contributed by atoms with Crippen LogP contribution in [0.25, 0.3) is 99.0 Å². The smallest absolute Gasteiger partial charge is 0.0759 e. The number of fused-ring (bicyclic) bond motifs is 8. The van der Waals surface area contributed by atoms with Crippen LogP contribution in [0.4, 0.5) is 0 Å². The highest BCUT2D eigenvalue weighted by atomic mass is 14.7. The van der Waals surface area contributed by atoms with Gasteiger partial charge in [0.15, 0.2) is 0 Å². The number of benzene rings is 9. The van der Waals surface area contributed by atoms with Crippen LogP contribution in [0.15, 0.2) is 188 Å². The number of pyridine rings is 1. The molecule has 1 aromatic heterocycles. The van der Waals surface area contributed by atoms with E-state index in [0.717, 1.165) is 11.2 Å². The Balaban J connectivity index is 1.14. The van der Waals surface area contributed by atoms with Gasteiger partial charge >= 0.3 is 0 Å². The molecular formula is C54H37N. The normalized spacial score (nSPS) is 13.1. The van der Waals surface area contributed by atoms with E-state index < -0.39 is 0 Å². The molecule has 0 radical (unpaired) electrons. The van der Waals surface area contributed by atoms with Crippen LogP contribution in [0.2, 0.25) is 0 Å². The Labute approximate surface area is 321 Å². The van der Waals surface area contributed by atoms with Crippen molar-refractivity contribution < 1.29 is 0 Å². The molecule has 0 aliphatic heterocycles. The van der Waals surface area contributed by atoms with Gasteiger partial charge in [-0.2, -0.15) is 0 Å². The van der Waals surface area contributed by atoms with E-state index in [4.69, 9.17) is 4.98 Å². The van der Waals surface area contributed by atoms with Crippen LogP contribution < -0.4 is 0 Å². The topological polar surface area (TPSA) is 12.9 Å². The van der Waals surface area contributed by atoms with Crippen molar-refractivity contribution in [1.82, 2.24) is 4.98 Å². The van der Waals surface area contributed by atoms with Crippen molar-refractivity contribution in [2.24, 2.45) is 0 Å². The summed E-state index contributed by atoms with van der Waals surface area (Å²) in [5.74, 6) is 0. The van der Waals surface area contributed by atoms with E-state index >= 15 is 0 Å². The monoisotopic (exact) mass is 699 g/mol. The first kappa shape index (κ1) is 31.7. The Kier molecular flexibility index (Phi) is 6.97. The second-order valence-electron chi connectivity index (χ2n) is 15.4. The number of hydrogen-bond acceptors (Lipinski definition) is 1. The van der Waals surface area contributed by atoms with Gasteiger partial charge in [0.2, 0.25) is 0 Å². The van der Waals surface area contributed by atoms with Crippen molar-refractivity contribution in [3.63, 3.8) is 0 Å². The molecule has 0 N–H and O–H groups in total. The molecule has 258 valence electrons. The highest BCUT2D eigenvalue weighted by Crippen LogP contribution is 2.54. The number of aromatic nitrogens is 1. The van der Waals surface area contributed by atoms with Gasteiger partial charge in [-0.15, -0.1) is 0 Å². The zero-order valence-electron chi connectivity index (χ0n) is 30.8. The minimum atomic E-state index is -0.205. The number of rotatable bonds is 4.